The molecule has 3 heteroatoms. The molecule has 0 aromatic rings. The minimum Gasteiger partial charge on any atom is -0.317 e. The van der Waals surface area contributed by atoms with Gasteiger partial charge < -0.3 is 15.5 Å². The first-order valence-corrected chi connectivity index (χ1v) is 10.5. The molecule has 1 saturated carbocycles. The summed E-state index contributed by atoms with van der Waals surface area (Å²) in [5.41, 5.74) is 0.717. The van der Waals surface area contributed by atoms with Crippen molar-refractivity contribution in [1.82, 2.24) is 15.5 Å². The molecule has 0 aromatic heterocycles. The van der Waals surface area contributed by atoms with Gasteiger partial charge in [-0.1, -0.05) is 6.42 Å². The fourth-order valence-corrected chi connectivity index (χ4v) is 6.02. The highest BCUT2D eigenvalue weighted by Gasteiger charge is 2.37. The summed E-state index contributed by atoms with van der Waals surface area (Å²) in [6.07, 6.45) is 16.0. The Kier molecular flexibility index (Phi) is 5.27. The van der Waals surface area contributed by atoms with Crippen LogP contribution in [0.15, 0.2) is 0 Å². The van der Waals surface area contributed by atoms with E-state index in [0.29, 0.717) is 5.41 Å². The number of nitrogens with one attached hydrogen (secondary N) is 2. The van der Waals surface area contributed by atoms with Crippen molar-refractivity contribution in [2.24, 2.45) is 11.3 Å². The van der Waals surface area contributed by atoms with E-state index in [4.69, 9.17) is 0 Å². The van der Waals surface area contributed by atoms with E-state index in [2.05, 4.69) is 15.5 Å². The summed E-state index contributed by atoms with van der Waals surface area (Å²) >= 11 is 0. The van der Waals surface area contributed by atoms with Gasteiger partial charge >= 0.3 is 0 Å². The summed E-state index contributed by atoms with van der Waals surface area (Å²) < 4.78 is 0. The van der Waals surface area contributed by atoms with E-state index in [1.165, 1.54) is 103 Å². The highest BCUT2D eigenvalue weighted by molar-refractivity contribution is 4.93. The lowest BCUT2D eigenvalue weighted by molar-refractivity contribution is 0.0546. The molecular formula is C20H37N3. The molecule has 4 aliphatic rings. The normalized spacial score (nSPS) is 36.0. The third-order valence-electron chi connectivity index (χ3n) is 7.61. The number of rotatable bonds is 3. The van der Waals surface area contributed by atoms with Gasteiger partial charge in [-0.2, -0.15) is 0 Å². The van der Waals surface area contributed by atoms with Gasteiger partial charge in [-0.3, -0.25) is 0 Å². The first-order valence-electron chi connectivity index (χ1n) is 10.5. The molecule has 0 aromatic carbocycles. The van der Waals surface area contributed by atoms with Gasteiger partial charge in [0.1, 0.15) is 0 Å². The average Bonchev–Trinajstić information content (AvgIpc) is 2.62. The number of hydrogen-bond acceptors (Lipinski definition) is 3. The highest BCUT2D eigenvalue weighted by Crippen LogP contribution is 2.43. The van der Waals surface area contributed by atoms with Gasteiger partial charge in [0.25, 0.3) is 0 Å². The molecule has 0 radical (unpaired) electrons. The van der Waals surface area contributed by atoms with Crippen molar-refractivity contribution >= 4 is 0 Å². The molecule has 3 nitrogen and oxygen atoms in total. The highest BCUT2D eigenvalue weighted by atomic mass is 15.2. The van der Waals surface area contributed by atoms with E-state index in [1.54, 1.807) is 0 Å². The van der Waals surface area contributed by atoms with Gasteiger partial charge in [0, 0.05) is 12.1 Å². The zero-order valence-corrected chi connectivity index (χ0v) is 15.0. The van der Waals surface area contributed by atoms with Gasteiger partial charge in [0.15, 0.2) is 0 Å². The van der Waals surface area contributed by atoms with Crippen molar-refractivity contribution in [1.29, 1.82) is 0 Å². The molecule has 3 aliphatic heterocycles. The van der Waals surface area contributed by atoms with Crippen LogP contribution in [0.3, 0.4) is 0 Å². The van der Waals surface area contributed by atoms with Crippen molar-refractivity contribution in [3.05, 3.63) is 0 Å². The Morgan fingerprint density at radius 1 is 0.870 bits per heavy atom. The van der Waals surface area contributed by atoms with E-state index in [-0.39, 0.29) is 0 Å². The van der Waals surface area contributed by atoms with Crippen LogP contribution in [-0.2, 0) is 0 Å². The fraction of sp³-hybridized carbons (Fsp3) is 1.00. The first-order chi connectivity index (χ1) is 11.3. The van der Waals surface area contributed by atoms with Crippen LogP contribution in [0.5, 0.6) is 0 Å². The van der Waals surface area contributed by atoms with E-state index in [1.807, 2.05) is 0 Å². The summed E-state index contributed by atoms with van der Waals surface area (Å²) in [5, 5.41) is 7.55. The van der Waals surface area contributed by atoms with Crippen LogP contribution in [0.2, 0.25) is 0 Å². The number of fused-ring (bicyclic) bond motifs is 1. The minimum absolute atomic E-state index is 0.717. The molecule has 3 heterocycles. The molecule has 1 aliphatic carbocycles. The Bertz CT molecular complexity index is 365. The summed E-state index contributed by atoms with van der Waals surface area (Å²) in [6, 6.07) is 1.72. The van der Waals surface area contributed by atoms with Crippen molar-refractivity contribution in [2.75, 3.05) is 32.7 Å². The molecule has 132 valence electrons. The van der Waals surface area contributed by atoms with Crippen LogP contribution in [0, 0.1) is 11.3 Å². The van der Waals surface area contributed by atoms with Crippen LogP contribution in [-0.4, -0.2) is 49.7 Å². The molecule has 0 bridgehead atoms. The van der Waals surface area contributed by atoms with Crippen LogP contribution < -0.4 is 10.6 Å². The lowest BCUT2D eigenvalue weighted by Gasteiger charge is -2.46. The zero-order chi connectivity index (χ0) is 15.5. The maximum atomic E-state index is 4.00. The van der Waals surface area contributed by atoms with Crippen molar-refractivity contribution < 1.29 is 0 Å². The Hall–Kier alpha value is -0.120. The van der Waals surface area contributed by atoms with E-state index >= 15 is 0 Å². The molecule has 1 spiro atoms. The molecule has 0 unspecified atom stereocenters. The molecule has 2 N–H and O–H groups in total. The van der Waals surface area contributed by atoms with E-state index in [9.17, 15) is 0 Å². The second-order valence-corrected chi connectivity index (χ2v) is 8.93. The van der Waals surface area contributed by atoms with E-state index < -0.39 is 0 Å². The van der Waals surface area contributed by atoms with Crippen LogP contribution in [0.4, 0.5) is 0 Å². The molecule has 0 amide bonds. The lowest BCUT2D eigenvalue weighted by Crippen LogP contribution is -2.52. The van der Waals surface area contributed by atoms with Gasteiger partial charge in [-0.05, 0) is 108 Å². The second kappa shape index (κ2) is 7.41. The quantitative estimate of drug-likeness (QED) is 0.837. The smallest absolute Gasteiger partial charge is 0.0136 e. The van der Waals surface area contributed by atoms with Crippen LogP contribution in [0.25, 0.3) is 0 Å². The monoisotopic (exact) mass is 319 g/mol. The zero-order valence-electron chi connectivity index (χ0n) is 15.0. The third-order valence-corrected chi connectivity index (χ3v) is 7.61. The molecular weight excluding hydrogens is 282 g/mol. The average molecular weight is 320 g/mol. The molecule has 4 fully saturated rings. The Labute approximate surface area is 143 Å². The molecule has 23 heavy (non-hydrogen) atoms. The van der Waals surface area contributed by atoms with Gasteiger partial charge in [-0.15, -0.1) is 0 Å². The van der Waals surface area contributed by atoms with Crippen LogP contribution in [0.1, 0.15) is 70.6 Å². The molecule has 3 saturated heterocycles. The lowest BCUT2D eigenvalue weighted by atomic mass is 9.67. The Morgan fingerprint density at radius 2 is 1.65 bits per heavy atom. The third kappa shape index (κ3) is 3.77. The molecule has 2 atom stereocenters. The first kappa shape index (κ1) is 16.4. The van der Waals surface area contributed by atoms with Crippen molar-refractivity contribution in [3.63, 3.8) is 0 Å². The maximum Gasteiger partial charge on any atom is 0.0136 e. The number of nitrogens with zero attached hydrogens (tertiary/aromatic N) is 1. The van der Waals surface area contributed by atoms with Crippen molar-refractivity contribution in [2.45, 2.75) is 82.7 Å². The summed E-state index contributed by atoms with van der Waals surface area (Å²) in [7, 11) is 0. The SMILES string of the molecule is C1CCN2CCC[C@@H](CNC3CCC4(CCNCC4)CC3)[C@H]2C1. The molecule has 4 rings (SSSR count). The predicted octanol–water partition coefficient (Wildman–Crippen LogP) is 3.15. The van der Waals surface area contributed by atoms with Crippen LogP contribution >= 0.6 is 0 Å². The number of hydrogen-bond donors (Lipinski definition) is 2. The Morgan fingerprint density at radius 3 is 2.48 bits per heavy atom. The fourth-order valence-electron chi connectivity index (χ4n) is 6.02. The summed E-state index contributed by atoms with van der Waals surface area (Å²) in [5.74, 6) is 0.929. The Balaban J connectivity index is 1.23. The van der Waals surface area contributed by atoms with Gasteiger partial charge in [-0.25, -0.2) is 0 Å². The number of piperidine rings is 3. The van der Waals surface area contributed by atoms with Gasteiger partial charge in [0.05, 0.1) is 0 Å². The predicted molar refractivity (Wildman–Crippen MR) is 96.7 cm³/mol. The minimum atomic E-state index is 0.717. The standard InChI is InChI=1S/C20H37N3/c1-2-14-23-15-3-4-17(19(23)5-1)16-22-18-6-8-20(9-7-18)10-12-21-13-11-20/h17-19,21-22H,1-16H2/t17-,19+/m0/s1. The van der Waals surface area contributed by atoms with E-state index in [0.717, 1.165) is 18.0 Å². The summed E-state index contributed by atoms with van der Waals surface area (Å²) in [6.45, 7) is 6.57. The largest absolute Gasteiger partial charge is 0.317 e. The topological polar surface area (TPSA) is 27.3 Å². The second-order valence-electron chi connectivity index (χ2n) is 8.93. The van der Waals surface area contributed by atoms with Gasteiger partial charge in [0.2, 0.25) is 0 Å². The summed E-state index contributed by atoms with van der Waals surface area (Å²) in [4.78, 5) is 2.81. The van der Waals surface area contributed by atoms with Crippen molar-refractivity contribution in [3.8, 4) is 0 Å². The maximum absolute atomic E-state index is 4.00.